The van der Waals surface area contributed by atoms with Gasteiger partial charge < -0.3 is 11.1 Å². The molecule has 1 aromatic heterocycles. The van der Waals surface area contributed by atoms with Crippen LogP contribution >= 0.6 is 35.3 Å². The first-order valence-electron chi connectivity index (χ1n) is 5.23. The highest BCUT2D eigenvalue weighted by Crippen LogP contribution is 2.26. The maximum absolute atomic E-state index is 11.8. The molecule has 0 saturated heterocycles. The van der Waals surface area contributed by atoms with Crippen LogP contribution in [0.4, 0.5) is 0 Å². The third kappa shape index (κ3) is 4.84. The Morgan fingerprint density at radius 2 is 2.00 bits per heavy atom. The van der Waals surface area contributed by atoms with Crippen LogP contribution in [0.25, 0.3) is 0 Å². The van der Waals surface area contributed by atoms with Gasteiger partial charge in [0.25, 0.3) is 0 Å². The summed E-state index contributed by atoms with van der Waals surface area (Å²) >= 11 is 7.32. The third-order valence-electron chi connectivity index (χ3n) is 2.58. The van der Waals surface area contributed by atoms with E-state index in [0.29, 0.717) is 0 Å². The molecule has 0 spiro atoms. The molecule has 0 aliphatic heterocycles. The second-order valence-corrected chi connectivity index (χ2v) is 5.77. The smallest absolute Gasteiger partial charge is 0.224 e. The summed E-state index contributed by atoms with van der Waals surface area (Å²) in [7, 11) is 0. The van der Waals surface area contributed by atoms with Crippen LogP contribution in [0.5, 0.6) is 0 Å². The maximum Gasteiger partial charge on any atom is 0.224 e. The molecule has 0 fully saturated rings. The van der Waals surface area contributed by atoms with Gasteiger partial charge in [0.15, 0.2) is 0 Å². The molecule has 1 aromatic rings. The number of thiophene rings is 1. The van der Waals surface area contributed by atoms with E-state index in [1.54, 1.807) is 0 Å². The minimum absolute atomic E-state index is 0. The largest absolute Gasteiger partial charge is 0.348 e. The minimum Gasteiger partial charge on any atom is -0.348 e. The summed E-state index contributed by atoms with van der Waals surface area (Å²) in [4.78, 5) is 12.8. The van der Waals surface area contributed by atoms with E-state index in [-0.39, 0.29) is 36.3 Å². The molecule has 0 aromatic carbocycles. The Morgan fingerprint density at radius 3 is 2.41 bits per heavy atom. The fraction of sp³-hybridized carbons (Fsp3) is 0.545. The Kier molecular flexibility index (Phi) is 7.09. The number of amides is 1. The van der Waals surface area contributed by atoms with Crippen molar-refractivity contribution in [1.82, 2.24) is 5.32 Å². The first-order valence-corrected chi connectivity index (χ1v) is 6.42. The van der Waals surface area contributed by atoms with Crippen LogP contribution in [-0.4, -0.2) is 11.9 Å². The zero-order chi connectivity index (χ0) is 12.3. The number of carbonyl (C=O) groups is 1. The summed E-state index contributed by atoms with van der Waals surface area (Å²) in [6, 6.07) is 3.60. The molecule has 6 heteroatoms. The Hall–Kier alpha value is -0.290. The van der Waals surface area contributed by atoms with Crippen molar-refractivity contribution in [3.8, 4) is 0 Å². The van der Waals surface area contributed by atoms with E-state index in [1.807, 2.05) is 32.9 Å². The molecule has 1 amide bonds. The number of nitrogens with one attached hydrogen (secondary N) is 1. The van der Waals surface area contributed by atoms with Gasteiger partial charge in [-0.2, -0.15) is 0 Å². The Morgan fingerprint density at radius 1 is 1.41 bits per heavy atom. The van der Waals surface area contributed by atoms with Gasteiger partial charge in [0.2, 0.25) is 5.91 Å². The van der Waals surface area contributed by atoms with E-state index in [2.05, 4.69) is 5.32 Å². The van der Waals surface area contributed by atoms with Gasteiger partial charge in [-0.1, -0.05) is 18.5 Å². The normalized spacial score (nSPS) is 15.6. The van der Waals surface area contributed by atoms with E-state index in [0.717, 1.165) is 9.21 Å². The highest BCUT2D eigenvalue weighted by molar-refractivity contribution is 7.16. The molecule has 3 atom stereocenters. The molecule has 1 heterocycles. The molecule has 3 N–H and O–H groups in total. The molecule has 3 unspecified atom stereocenters. The van der Waals surface area contributed by atoms with E-state index in [4.69, 9.17) is 17.3 Å². The Labute approximate surface area is 117 Å². The SMILES string of the molecule is CC(NC(=O)C(C)C(C)N)c1ccc(Cl)s1.Cl. The van der Waals surface area contributed by atoms with E-state index < -0.39 is 0 Å². The van der Waals surface area contributed by atoms with E-state index in [1.165, 1.54) is 11.3 Å². The van der Waals surface area contributed by atoms with Gasteiger partial charge in [0.1, 0.15) is 0 Å². The Bertz CT molecular complexity index is 368. The lowest BCUT2D eigenvalue weighted by molar-refractivity contribution is -0.125. The standard InChI is InChI=1S/C11H17ClN2OS.ClH/c1-6(7(2)13)11(15)14-8(3)9-4-5-10(12)16-9;/h4-8H,13H2,1-3H3,(H,14,15);1H. The summed E-state index contributed by atoms with van der Waals surface area (Å²) in [6.45, 7) is 5.60. The lowest BCUT2D eigenvalue weighted by Gasteiger charge is -2.18. The van der Waals surface area contributed by atoms with Crippen LogP contribution in [0.3, 0.4) is 0 Å². The van der Waals surface area contributed by atoms with Gasteiger partial charge in [-0.15, -0.1) is 23.7 Å². The average molecular weight is 297 g/mol. The molecule has 1 rings (SSSR count). The molecule has 0 aliphatic rings. The predicted octanol–water partition coefficient (Wildman–Crippen LogP) is 2.98. The number of halogens is 2. The number of rotatable bonds is 4. The van der Waals surface area contributed by atoms with Gasteiger partial charge in [-0.25, -0.2) is 0 Å². The first-order chi connectivity index (χ1) is 7.41. The number of carbonyl (C=O) groups excluding carboxylic acids is 1. The van der Waals surface area contributed by atoms with Crippen molar-refractivity contribution in [2.24, 2.45) is 11.7 Å². The first kappa shape index (κ1) is 16.7. The quantitative estimate of drug-likeness (QED) is 0.897. The van der Waals surface area contributed by atoms with Crippen LogP contribution in [0.2, 0.25) is 4.34 Å². The number of hydrogen-bond donors (Lipinski definition) is 2. The number of hydrogen-bond acceptors (Lipinski definition) is 3. The van der Waals surface area contributed by atoms with Crippen LogP contribution in [0, 0.1) is 5.92 Å². The van der Waals surface area contributed by atoms with Crippen LogP contribution in [0.15, 0.2) is 12.1 Å². The van der Waals surface area contributed by atoms with Gasteiger partial charge in [-0.3, -0.25) is 4.79 Å². The van der Waals surface area contributed by atoms with Crippen molar-refractivity contribution in [3.63, 3.8) is 0 Å². The average Bonchev–Trinajstić information content (AvgIpc) is 2.63. The lowest BCUT2D eigenvalue weighted by atomic mass is 10.0. The molecular formula is C11H18Cl2N2OS. The molecule has 0 aliphatic carbocycles. The summed E-state index contributed by atoms with van der Waals surface area (Å²) in [5.41, 5.74) is 5.68. The van der Waals surface area contributed by atoms with Gasteiger partial charge >= 0.3 is 0 Å². The molecular weight excluding hydrogens is 279 g/mol. The summed E-state index contributed by atoms with van der Waals surface area (Å²) in [6.07, 6.45) is 0. The minimum atomic E-state index is -0.183. The van der Waals surface area contributed by atoms with E-state index >= 15 is 0 Å². The van der Waals surface area contributed by atoms with Crippen molar-refractivity contribution < 1.29 is 4.79 Å². The summed E-state index contributed by atoms with van der Waals surface area (Å²) in [5.74, 6) is -0.204. The molecule has 0 bridgehead atoms. The van der Waals surface area contributed by atoms with Gasteiger partial charge in [0, 0.05) is 16.8 Å². The van der Waals surface area contributed by atoms with Crippen molar-refractivity contribution in [1.29, 1.82) is 0 Å². The molecule has 0 saturated carbocycles. The number of nitrogens with two attached hydrogens (primary N) is 1. The van der Waals surface area contributed by atoms with Crippen LogP contribution in [-0.2, 0) is 4.79 Å². The highest BCUT2D eigenvalue weighted by atomic mass is 35.5. The zero-order valence-corrected chi connectivity index (χ0v) is 12.5. The predicted molar refractivity (Wildman–Crippen MR) is 75.9 cm³/mol. The molecule has 3 nitrogen and oxygen atoms in total. The highest BCUT2D eigenvalue weighted by Gasteiger charge is 2.19. The second-order valence-electron chi connectivity index (χ2n) is 4.02. The van der Waals surface area contributed by atoms with Gasteiger partial charge in [-0.05, 0) is 26.0 Å². The second kappa shape index (κ2) is 7.21. The fourth-order valence-corrected chi connectivity index (χ4v) is 2.28. The Balaban J connectivity index is 0.00000256. The van der Waals surface area contributed by atoms with Crippen molar-refractivity contribution in [2.75, 3.05) is 0 Å². The third-order valence-corrected chi connectivity index (χ3v) is 4.00. The summed E-state index contributed by atoms with van der Waals surface area (Å²) < 4.78 is 0.733. The van der Waals surface area contributed by atoms with Crippen LogP contribution in [0.1, 0.15) is 31.7 Å². The maximum atomic E-state index is 11.8. The monoisotopic (exact) mass is 296 g/mol. The lowest BCUT2D eigenvalue weighted by Crippen LogP contribution is -2.39. The van der Waals surface area contributed by atoms with Crippen molar-refractivity contribution in [3.05, 3.63) is 21.3 Å². The van der Waals surface area contributed by atoms with Crippen molar-refractivity contribution >= 4 is 41.3 Å². The fourth-order valence-electron chi connectivity index (χ4n) is 1.22. The van der Waals surface area contributed by atoms with E-state index in [9.17, 15) is 4.79 Å². The van der Waals surface area contributed by atoms with Gasteiger partial charge in [0.05, 0.1) is 10.4 Å². The zero-order valence-electron chi connectivity index (χ0n) is 10.1. The molecule has 17 heavy (non-hydrogen) atoms. The molecule has 98 valence electrons. The molecule has 0 radical (unpaired) electrons. The van der Waals surface area contributed by atoms with Crippen LogP contribution < -0.4 is 11.1 Å². The van der Waals surface area contributed by atoms with Crippen molar-refractivity contribution in [2.45, 2.75) is 32.9 Å². The summed E-state index contributed by atoms with van der Waals surface area (Å²) in [5, 5.41) is 2.92. The topological polar surface area (TPSA) is 55.1 Å².